The summed E-state index contributed by atoms with van der Waals surface area (Å²) >= 11 is 1.52. The van der Waals surface area contributed by atoms with E-state index >= 15 is 0 Å². The van der Waals surface area contributed by atoms with Crippen LogP contribution in [0.4, 0.5) is 5.00 Å². The molecule has 3 heterocycles. The van der Waals surface area contributed by atoms with Gasteiger partial charge in [-0.25, -0.2) is 4.79 Å². The zero-order valence-electron chi connectivity index (χ0n) is 19.0. The maximum Gasteiger partial charge on any atom is 0.341 e. The van der Waals surface area contributed by atoms with Gasteiger partial charge in [0.05, 0.1) is 25.8 Å². The Morgan fingerprint density at radius 2 is 1.88 bits per heavy atom. The maximum absolute atomic E-state index is 12.8. The fourth-order valence-corrected chi connectivity index (χ4v) is 5.50. The molecule has 2 aromatic rings. The molecule has 4 rings (SSSR count). The minimum Gasteiger partial charge on any atom is -0.465 e. The molecule has 32 heavy (non-hydrogen) atoms. The Morgan fingerprint density at radius 1 is 1.16 bits per heavy atom. The molecule has 0 radical (unpaired) electrons. The number of nitrogens with one attached hydrogen (secondary N) is 1. The number of methoxy groups -OCH3 is 1. The molecule has 1 saturated heterocycles. The van der Waals surface area contributed by atoms with E-state index in [1.807, 2.05) is 13.8 Å². The highest BCUT2D eigenvalue weighted by atomic mass is 32.1. The molecule has 0 bridgehead atoms. The van der Waals surface area contributed by atoms with E-state index < -0.39 is 0 Å². The van der Waals surface area contributed by atoms with Crippen molar-refractivity contribution < 1.29 is 18.8 Å². The largest absolute Gasteiger partial charge is 0.465 e. The quantitative estimate of drug-likeness (QED) is 0.628. The molecule has 0 atom stereocenters. The Bertz CT molecular complexity index is 962. The van der Waals surface area contributed by atoms with Gasteiger partial charge in [-0.2, -0.15) is 4.98 Å². The molecular weight excluding hydrogens is 430 g/mol. The van der Waals surface area contributed by atoms with Gasteiger partial charge in [-0.3, -0.25) is 14.6 Å². The lowest BCUT2D eigenvalue weighted by Crippen LogP contribution is -2.48. The number of anilines is 1. The van der Waals surface area contributed by atoms with Gasteiger partial charge in [-0.05, 0) is 31.2 Å². The molecule has 0 saturated carbocycles. The van der Waals surface area contributed by atoms with Crippen LogP contribution in [0.15, 0.2) is 4.52 Å². The number of rotatable bonds is 7. The average molecular weight is 462 g/mol. The number of piperazine rings is 1. The van der Waals surface area contributed by atoms with Crippen LogP contribution in [0.1, 0.15) is 65.1 Å². The monoisotopic (exact) mass is 461 g/mol. The number of hydrogen-bond acceptors (Lipinski definition) is 9. The number of nitrogens with zero attached hydrogens (tertiary/aromatic N) is 4. The van der Waals surface area contributed by atoms with E-state index in [1.165, 1.54) is 23.3 Å². The van der Waals surface area contributed by atoms with Crippen LogP contribution in [-0.2, 0) is 28.9 Å². The summed E-state index contributed by atoms with van der Waals surface area (Å²) in [6, 6.07) is 0. The first kappa shape index (κ1) is 22.9. The molecule has 1 fully saturated rings. The molecular formula is C22H31N5O4S. The molecule has 1 amide bonds. The number of carbonyl (C=O) groups is 2. The number of carbonyl (C=O) groups excluding carboxylic acids is 2. The number of fused-ring (bicyclic) bond motifs is 1. The van der Waals surface area contributed by atoms with Crippen LogP contribution < -0.4 is 5.32 Å². The SMILES string of the molecule is COC(=O)c1c(NC(=O)CN2CCN(Cc3nc(C(C)C)no3)CC2)sc2c1CCCC2. The normalized spacial score (nSPS) is 17.4. The first-order valence-electron chi connectivity index (χ1n) is 11.2. The molecule has 0 aromatic carbocycles. The number of esters is 1. The first-order chi connectivity index (χ1) is 15.4. The number of ether oxygens (including phenoxy) is 1. The van der Waals surface area contributed by atoms with E-state index in [-0.39, 0.29) is 17.8 Å². The van der Waals surface area contributed by atoms with Crippen LogP contribution in [0.25, 0.3) is 0 Å². The van der Waals surface area contributed by atoms with Crippen molar-refractivity contribution in [2.45, 2.75) is 52.0 Å². The summed E-state index contributed by atoms with van der Waals surface area (Å²) in [7, 11) is 1.39. The highest BCUT2D eigenvalue weighted by Crippen LogP contribution is 2.38. The van der Waals surface area contributed by atoms with Crippen molar-refractivity contribution >= 4 is 28.2 Å². The minimum absolute atomic E-state index is 0.0966. The molecule has 0 spiro atoms. The summed E-state index contributed by atoms with van der Waals surface area (Å²) < 4.78 is 10.3. The Hall–Kier alpha value is -2.30. The topological polar surface area (TPSA) is 101 Å². The highest BCUT2D eigenvalue weighted by Gasteiger charge is 2.28. The first-order valence-corrected chi connectivity index (χ1v) is 12.1. The third-order valence-corrected chi connectivity index (χ3v) is 7.21. The Morgan fingerprint density at radius 3 is 2.56 bits per heavy atom. The predicted molar refractivity (Wildman–Crippen MR) is 121 cm³/mol. The number of hydrogen-bond donors (Lipinski definition) is 1. The standard InChI is InChI=1S/C22H31N5O4S/c1-14(2)20-24-18(31-25-20)13-27-10-8-26(9-11-27)12-17(28)23-21-19(22(29)30-3)15-6-4-5-7-16(15)32-21/h14H,4-13H2,1-3H3,(H,23,28). The van der Waals surface area contributed by atoms with Crippen molar-refractivity contribution in [2.24, 2.45) is 0 Å². The Balaban J connectivity index is 1.30. The van der Waals surface area contributed by atoms with Crippen LogP contribution >= 0.6 is 11.3 Å². The van der Waals surface area contributed by atoms with E-state index in [0.29, 0.717) is 29.5 Å². The van der Waals surface area contributed by atoms with Crippen LogP contribution in [0.5, 0.6) is 0 Å². The van der Waals surface area contributed by atoms with Gasteiger partial charge in [-0.15, -0.1) is 11.3 Å². The second kappa shape index (κ2) is 10.1. The van der Waals surface area contributed by atoms with Crippen molar-refractivity contribution in [3.05, 3.63) is 27.7 Å². The lowest BCUT2D eigenvalue weighted by Gasteiger charge is -2.33. The Kier molecular flexibility index (Phi) is 7.22. The molecule has 2 aliphatic rings. The summed E-state index contributed by atoms with van der Waals surface area (Å²) in [5.74, 6) is 1.15. The second-order valence-electron chi connectivity index (χ2n) is 8.71. The summed E-state index contributed by atoms with van der Waals surface area (Å²) in [5.41, 5.74) is 1.60. The predicted octanol–water partition coefficient (Wildman–Crippen LogP) is 2.68. The lowest BCUT2D eigenvalue weighted by atomic mass is 9.95. The molecule has 1 aliphatic carbocycles. The fourth-order valence-electron chi connectivity index (χ4n) is 4.20. The van der Waals surface area contributed by atoms with Crippen molar-refractivity contribution in [3.63, 3.8) is 0 Å². The van der Waals surface area contributed by atoms with Crippen molar-refractivity contribution in [2.75, 3.05) is 45.2 Å². The van der Waals surface area contributed by atoms with E-state index in [2.05, 4.69) is 25.3 Å². The second-order valence-corrected chi connectivity index (χ2v) is 9.81. The summed E-state index contributed by atoms with van der Waals surface area (Å²) in [6.07, 6.45) is 4.01. The highest BCUT2D eigenvalue weighted by molar-refractivity contribution is 7.17. The van der Waals surface area contributed by atoms with Crippen LogP contribution in [0, 0.1) is 0 Å². The molecule has 0 unspecified atom stereocenters. The van der Waals surface area contributed by atoms with Gasteiger partial charge < -0.3 is 14.6 Å². The number of aromatic nitrogens is 2. The molecule has 1 N–H and O–H groups in total. The third-order valence-electron chi connectivity index (χ3n) is 6.00. The van der Waals surface area contributed by atoms with Gasteiger partial charge in [-0.1, -0.05) is 19.0 Å². The zero-order valence-corrected chi connectivity index (χ0v) is 19.8. The molecule has 174 valence electrons. The van der Waals surface area contributed by atoms with Gasteiger partial charge >= 0.3 is 5.97 Å². The average Bonchev–Trinajstić information content (AvgIpc) is 3.39. The van der Waals surface area contributed by atoms with Crippen LogP contribution in [0.3, 0.4) is 0 Å². The number of aryl methyl sites for hydroxylation is 1. The third kappa shape index (κ3) is 5.19. The van der Waals surface area contributed by atoms with Crippen molar-refractivity contribution in [3.8, 4) is 0 Å². The smallest absolute Gasteiger partial charge is 0.341 e. The zero-order chi connectivity index (χ0) is 22.7. The van der Waals surface area contributed by atoms with E-state index in [0.717, 1.165) is 63.3 Å². The van der Waals surface area contributed by atoms with Crippen molar-refractivity contribution in [1.29, 1.82) is 0 Å². The fraction of sp³-hybridized carbons (Fsp3) is 0.636. The molecule has 10 heteroatoms. The van der Waals surface area contributed by atoms with Crippen molar-refractivity contribution in [1.82, 2.24) is 19.9 Å². The van der Waals surface area contributed by atoms with E-state index in [4.69, 9.17) is 9.26 Å². The molecule has 9 nitrogen and oxygen atoms in total. The Labute approximate surface area is 192 Å². The number of amides is 1. The summed E-state index contributed by atoms with van der Waals surface area (Å²) in [6.45, 7) is 8.22. The van der Waals surface area contributed by atoms with Gasteiger partial charge in [0, 0.05) is 37.0 Å². The lowest BCUT2D eigenvalue weighted by molar-refractivity contribution is -0.117. The van der Waals surface area contributed by atoms with Gasteiger partial charge in [0.2, 0.25) is 11.8 Å². The van der Waals surface area contributed by atoms with Crippen LogP contribution in [-0.4, -0.2) is 71.7 Å². The maximum atomic E-state index is 12.8. The van der Waals surface area contributed by atoms with Gasteiger partial charge in [0.1, 0.15) is 5.00 Å². The van der Waals surface area contributed by atoms with E-state index in [1.54, 1.807) is 0 Å². The summed E-state index contributed by atoms with van der Waals surface area (Å²) in [4.78, 5) is 35.1. The van der Waals surface area contributed by atoms with Gasteiger partial charge in [0.25, 0.3) is 0 Å². The summed E-state index contributed by atoms with van der Waals surface area (Å²) in [5, 5.41) is 7.63. The van der Waals surface area contributed by atoms with Crippen LogP contribution in [0.2, 0.25) is 0 Å². The van der Waals surface area contributed by atoms with Gasteiger partial charge in [0.15, 0.2) is 5.82 Å². The molecule has 1 aliphatic heterocycles. The number of thiophene rings is 1. The minimum atomic E-state index is -0.366. The van der Waals surface area contributed by atoms with E-state index in [9.17, 15) is 9.59 Å². The molecule has 2 aromatic heterocycles.